The van der Waals surface area contributed by atoms with Crippen LogP contribution in [-0.4, -0.2) is 40.0 Å². The van der Waals surface area contributed by atoms with Crippen molar-refractivity contribution >= 4 is 68.8 Å². The summed E-state index contributed by atoms with van der Waals surface area (Å²) in [7, 11) is 3.25. The van der Waals surface area contributed by atoms with Crippen molar-refractivity contribution in [3.63, 3.8) is 0 Å². The molecule has 1 aliphatic rings. The second-order valence-electron chi connectivity index (χ2n) is 7.52. The number of methoxy groups -OCH3 is 1. The second kappa shape index (κ2) is 9.64. The zero-order valence-electron chi connectivity index (χ0n) is 18.0. The van der Waals surface area contributed by atoms with Gasteiger partial charge in [-0.3, -0.25) is 9.48 Å². The van der Waals surface area contributed by atoms with Gasteiger partial charge in [-0.1, -0.05) is 40.3 Å². The lowest BCUT2D eigenvalue weighted by atomic mass is 9.98. The number of carbonyl (C=O) groups excluding carboxylic acids is 2. The molecule has 1 aromatic carbocycles. The predicted octanol–water partition coefficient (Wildman–Crippen LogP) is 5.12. The van der Waals surface area contributed by atoms with Crippen molar-refractivity contribution < 1.29 is 19.1 Å². The first-order valence-electron chi connectivity index (χ1n) is 10.1. The van der Waals surface area contributed by atoms with E-state index in [2.05, 4.69) is 22.6 Å². The molecule has 7 nitrogen and oxygen atoms in total. The Bertz CT molecular complexity index is 1220. The van der Waals surface area contributed by atoms with E-state index in [9.17, 15) is 9.59 Å². The van der Waals surface area contributed by atoms with Gasteiger partial charge in [0.05, 0.1) is 41.5 Å². The number of aromatic nitrogens is 3. The largest absolute Gasteiger partial charge is 0.466 e. The Labute approximate surface area is 208 Å². The van der Waals surface area contributed by atoms with Crippen LogP contribution in [0, 0.1) is 0 Å². The van der Waals surface area contributed by atoms with Crippen molar-refractivity contribution in [3.8, 4) is 11.1 Å². The van der Waals surface area contributed by atoms with Gasteiger partial charge in [-0.2, -0.15) is 5.10 Å². The summed E-state index contributed by atoms with van der Waals surface area (Å²) < 4.78 is 14.9. The fraction of sp³-hybridized carbons (Fsp3) is 0.409. The monoisotopic (exact) mass is 587 g/mol. The number of benzene rings is 1. The number of carbonyl (C=O) groups is 2. The molecule has 0 saturated heterocycles. The van der Waals surface area contributed by atoms with Gasteiger partial charge in [-0.05, 0) is 24.5 Å². The van der Waals surface area contributed by atoms with E-state index in [1.165, 1.54) is 14.0 Å². The van der Waals surface area contributed by atoms with Crippen molar-refractivity contribution in [1.82, 2.24) is 14.3 Å². The van der Waals surface area contributed by atoms with Crippen LogP contribution < -0.4 is 0 Å². The van der Waals surface area contributed by atoms with Crippen LogP contribution in [0.15, 0.2) is 12.1 Å². The highest BCUT2D eigenvalue weighted by Crippen LogP contribution is 2.44. The number of rotatable bonds is 7. The average molecular weight is 588 g/mol. The lowest BCUT2D eigenvalue weighted by Gasteiger charge is -2.11. The van der Waals surface area contributed by atoms with E-state index < -0.39 is 5.97 Å². The summed E-state index contributed by atoms with van der Waals surface area (Å²) in [5.74, 6) is 0.978. The fourth-order valence-electron chi connectivity index (χ4n) is 4.33. The highest BCUT2D eigenvalue weighted by molar-refractivity contribution is 14.1. The molecule has 0 N–H and O–H groups in total. The van der Waals surface area contributed by atoms with Gasteiger partial charge < -0.3 is 14.0 Å². The molecule has 0 amide bonds. The maximum Gasteiger partial charge on any atom is 0.354 e. The number of nitrogens with zero attached hydrogens (tertiary/aromatic N) is 3. The summed E-state index contributed by atoms with van der Waals surface area (Å²) in [4.78, 5) is 23.9. The van der Waals surface area contributed by atoms with Gasteiger partial charge in [0.15, 0.2) is 0 Å². The Morgan fingerprint density at radius 1 is 1.31 bits per heavy atom. The van der Waals surface area contributed by atoms with E-state index in [1.54, 1.807) is 0 Å². The molecule has 170 valence electrons. The van der Waals surface area contributed by atoms with E-state index in [0.29, 0.717) is 30.2 Å². The molecule has 0 saturated carbocycles. The van der Waals surface area contributed by atoms with E-state index in [4.69, 9.17) is 26.2 Å². The summed E-state index contributed by atoms with van der Waals surface area (Å²) in [6, 6.07) is 3.84. The third-order valence-corrected chi connectivity index (χ3v) is 7.57. The minimum Gasteiger partial charge on any atom is -0.466 e. The maximum absolute atomic E-state index is 12.8. The molecule has 0 fully saturated rings. The normalized spacial score (nSPS) is 12.9. The van der Waals surface area contributed by atoms with E-state index in [0.717, 1.165) is 55.0 Å². The number of fused-ring (bicyclic) bond motifs is 2. The van der Waals surface area contributed by atoms with Gasteiger partial charge in [0.2, 0.25) is 0 Å². The maximum atomic E-state index is 12.8. The lowest BCUT2D eigenvalue weighted by Crippen LogP contribution is -2.11. The highest BCUT2D eigenvalue weighted by atomic mass is 127. The van der Waals surface area contributed by atoms with E-state index in [1.807, 2.05) is 40.2 Å². The molecular weight excluding hydrogens is 565 g/mol. The number of aryl methyl sites for hydroxylation is 2. The summed E-state index contributed by atoms with van der Waals surface area (Å²) in [6.45, 7) is 1.68. The third-order valence-electron chi connectivity index (χ3n) is 5.62. The van der Waals surface area contributed by atoms with Crippen LogP contribution in [0.5, 0.6) is 0 Å². The van der Waals surface area contributed by atoms with Gasteiger partial charge in [-0.25, -0.2) is 4.79 Å². The topological polar surface area (TPSA) is 75.4 Å². The highest BCUT2D eigenvalue weighted by Gasteiger charge is 2.29. The van der Waals surface area contributed by atoms with Crippen molar-refractivity contribution in [2.45, 2.75) is 35.8 Å². The lowest BCUT2D eigenvalue weighted by molar-refractivity contribution is -0.141. The summed E-state index contributed by atoms with van der Waals surface area (Å²) >= 11 is 10.9. The number of halogens is 2. The van der Waals surface area contributed by atoms with Crippen molar-refractivity contribution in [2.75, 3.05) is 13.7 Å². The summed E-state index contributed by atoms with van der Waals surface area (Å²) in [5.41, 5.74) is 6.36. The Balaban J connectivity index is 1.94. The van der Waals surface area contributed by atoms with Crippen molar-refractivity contribution in [1.29, 1.82) is 0 Å². The molecule has 3 heterocycles. The Morgan fingerprint density at radius 2 is 2.09 bits per heavy atom. The van der Waals surface area contributed by atoms with E-state index >= 15 is 0 Å². The number of ether oxygens (including phenoxy) is 2. The molecule has 0 spiro atoms. The number of esters is 2. The molecule has 2 aromatic heterocycles. The Hall–Kier alpha value is -1.72. The quantitative estimate of drug-likeness (QED) is 0.165. The average Bonchev–Trinajstić information content (AvgIpc) is 3.43. The molecule has 4 rings (SSSR count). The van der Waals surface area contributed by atoms with Crippen LogP contribution in [-0.2, 0) is 43.8 Å². The van der Waals surface area contributed by atoms with Crippen LogP contribution in [0.3, 0.4) is 0 Å². The summed E-state index contributed by atoms with van der Waals surface area (Å²) in [6.07, 6.45) is 1.16. The standard InChI is InChI=1S/C22H23ClIN3O4S/c1-12(28)31-8-4-5-13-14-6-7-15(23)18(20(14)26(2)21(13)22(29)30-3)19-16(9-24)25-27-11-32-10-17(19)27/h6-7H,4-5,8-11H2,1-3H3. The molecule has 0 bridgehead atoms. The molecular formula is C22H23ClIN3O4S. The number of alkyl halides is 1. The van der Waals surface area contributed by atoms with Gasteiger partial charge >= 0.3 is 11.9 Å². The van der Waals surface area contributed by atoms with E-state index in [-0.39, 0.29) is 5.97 Å². The smallest absolute Gasteiger partial charge is 0.354 e. The Morgan fingerprint density at radius 3 is 2.78 bits per heavy atom. The molecule has 32 heavy (non-hydrogen) atoms. The van der Waals surface area contributed by atoms with Gasteiger partial charge in [0.25, 0.3) is 0 Å². The van der Waals surface area contributed by atoms with Crippen LogP contribution in [0.1, 0.15) is 40.8 Å². The summed E-state index contributed by atoms with van der Waals surface area (Å²) in [5, 5.41) is 6.37. The minimum atomic E-state index is -0.404. The molecule has 0 unspecified atom stereocenters. The number of hydrogen-bond acceptors (Lipinski definition) is 6. The van der Waals surface area contributed by atoms with Crippen LogP contribution >= 0.6 is 46.0 Å². The molecule has 10 heteroatoms. The molecule has 0 atom stereocenters. The zero-order chi connectivity index (χ0) is 23.0. The number of hydrogen-bond donors (Lipinski definition) is 0. The fourth-order valence-corrected chi connectivity index (χ4v) is 6.07. The first-order valence-corrected chi connectivity index (χ1v) is 13.2. The first kappa shape index (κ1) is 23.4. The zero-order valence-corrected chi connectivity index (χ0v) is 21.8. The molecule has 0 radical (unpaired) electrons. The predicted molar refractivity (Wildman–Crippen MR) is 134 cm³/mol. The van der Waals surface area contributed by atoms with Gasteiger partial charge in [-0.15, -0.1) is 11.8 Å². The second-order valence-corrected chi connectivity index (χ2v) is 9.64. The van der Waals surface area contributed by atoms with Crippen molar-refractivity contribution in [2.24, 2.45) is 7.05 Å². The van der Waals surface area contributed by atoms with Crippen LogP contribution in [0.2, 0.25) is 5.02 Å². The number of thioether (sulfide) groups is 1. The first-order chi connectivity index (χ1) is 15.4. The SMILES string of the molecule is COC(=O)c1c(CCCOC(C)=O)c2ccc(Cl)c(-c3c(CI)nn4c3CSC4)c2n1C. The van der Waals surface area contributed by atoms with Gasteiger partial charge in [0.1, 0.15) is 5.69 Å². The van der Waals surface area contributed by atoms with Gasteiger partial charge in [0, 0.05) is 40.7 Å². The minimum absolute atomic E-state index is 0.292. The molecule has 0 aliphatic carbocycles. The Kier molecular flexibility index (Phi) is 7.06. The van der Waals surface area contributed by atoms with Crippen LogP contribution in [0.4, 0.5) is 0 Å². The molecule has 3 aromatic rings. The third kappa shape index (κ3) is 4.03. The van der Waals surface area contributed by atoms with Crippen LogP contribution in [0.25, 0.3) is 22.0 Å². The van der Waals surface area contributed by atoms with Crippen molar-refractivity contribution in [3.05, 3.63) is 39.8 Å². The molecule has 1 aliphatic heterocycles.